The van der Waals surface area contributed by atoms with Gasteiger partial charge in [-0.2, -0.15) is 0 Å². The summed E-state index contributed by atoms with van der Waals surface area (Å²) in [6.45, 7) is 5.81. The van der Waals surface area contributed by atoms with Crippen LogP contribution in [0.5, 0.6) is 0 Å². The van der Waals surface area contributed by atoms with Crippen molar-refractivity contribution in [1.29, 1.82) is 0 Å². The third kappa shape index (κ3) is 3.31. The molecular formula is C23H29ClN2O6. The van der Waals surface area contributed by atoms with Crippen LogP contribution in [0.1, 0.15) is 33.6 Å². The number of carbonyl (C=O) groups excluding carboxylic acids is 3. The first kappa shape index (κ1) is 23.0. The Morgan fingerprint density at radius 1 is 1.34 bits per heavy atom. The standard InChI is InChI=1S/C23H29ClN2O6/c1-4-31-21(30)17-16-20(29)26(10-5-11-27)18(23(16)12-13(2)22(17,3)32-23)19(28)25-15-8-6-14(24)7-9-15/h6-9,13,16-18,27H,4-5,10-12H2,1-3H3,(H,25,28)/t13?,16-,17+,18?,22-,23?/m0/s1. The molecule has 1 aromatic carbocycles. The van der Waals surface area contributed by atoms with Crippen molar-refractivity contribution in [2.24, 2.45) is 17.8 Å². The molecule has 0 aromatic heterocycles. The number of amides is 2. The topological polar surface area (TPSA) is 105 Å². The quantitative estimate of drug-likeness (QED) is 0.599. The number of hydrogen-bond donors (Lipinski definition) is 2. The summed E-state index contributed by atoms with van der Waals surface area (Å²) < 4.78 is 11.8. The first-order chi connectivity index (χ1) is 15.2. The molecule has 6 atom stereocenters. The lowest BCUT2D eigenvalue weighted by molar-refractivity contribution is -0.160. The number of nitrogens with one attached hydrogen (secondary N) is 1. The summed E-state index contributed by atoms with van der Waals surface area (Å²) >= 11 is 5.95. The van der Waals surface area contributed by atoms with Crippen LogP contribution < -0.4 is 5.32 Å². The van der Waals surface area contributed by atoms with Crippen LogP contribution >= 0.6 is 11.6 Å². The molecule has 1 aromatic rings. The number of anilines is 1. The van der Waals surface area contributed by atoms with E-state index in [9.17, 15) is 19.5 Å². The minimum Gasteiger partial charge on any atom is -0.466 e. The maximum atomic E-state index is 13.6. The zero-order valence-corrected chi connectivity index (χ0v) is 19.2. The molecule has 0 aliphatic carbocycles. The number of rotatable bonds is 7. The summed E-state index contributed by atoms with van der Waals surface area (Å²) in [6.07, 6.45) is 0.792. The lowest BCUT2D eigenvalue weighted by Crippen LogP contribution is -2.54. The summed E-state index contributed by atoms with van der Waals surface area (Å²) in [5, 5.41) is 12.8. The molecule has 3 aliphatic rings. The van der Waals surface area contributed by atoms with Crippen LogP contribution in [0.25, 0.3) is 0 Å². The van der Waals surface area contributed by atoms with Gasteiger partial charge in [-0.3, -0.25) is 14.4 Å². The van der Waals surface area contributed by atoms with E-state index in [4.69, 9.17) is 21.1 Å². The van der Waals surface area contributed by atoms with E-state index in [1.54, 1.807) is 31.2 Å². The van der Waals surface area contributed by atoms with Crippen LogP contribution in [-0.4, -0.2) is 64.8 Å². The maximum absolute atomic E-state index is 13.6. The van der Waals surface area contributed by atoms with Crippen molar-refractivity contribution in [2.75, 3.05) is 25.1 Å². The molecule has 3 saturated heterocycles. The van der Waals surface area contributed by atoms with E-state index in [0.29, 0.717) is 23.6 Å². The molecular weight excluding hydrogens is 436 g/mol. The van der Waals surface area contributed by atoms with Crippen molar-refractivity contribution in [3.8, 4) is 0 Å². The number of aliphatic hydroxyl groups excluding tert-OH is 1. The Morgan fingerprint density at radius 3 is 2.66 bits per heavy atom. The number of benzene rings is 1. The van der Waals surface area contributed by atoms with Crippen LogP contribution in [-0.2, 0) is 23.9 Å². The average molecular weight is 465 g/mol. The minimum absolute atomic E-state index is 0.0513. The van der Waals surface area contributed by atoms with Gasteiger partial charge in [0, 0.05) is 23.9 Å². The Kier molecular flexibility index (Phi) is 5.98. The van der Waals surface area contributed by atoms with Gasteiger partial charge in [-0.25, -0.2) is 0 Å². The highest BCUT2D eigenvalue weighted by atomic mass is 35.5. The molecule has 174 valence electrons. The number of esters is 1. The molecule has 4 rings (SSSR count). The minimum atomic E-state index is -1.13. The predicted molar refractivity (Wildman–Crippen MR) is 117 cm³/mol. The van der Waals surface area contributed by atoms with Gasteiger partial charge < -0.3 is 24.8 Å². The highest BCUT2D eigenvalue weighted by molar-refractivity contribution is 6.30. The molecule has 0 radical (unpaired) electrons. The first-order valence-electron chi connectivity index (χ1n) is 11.0. The molecule has 3 fully saturated rings. The molecule has 32 heavy (non-hydrogen) atoms. The second kappa shape index (κ2) is 8.32. The Bertz CT molecular complexity index is 924. The van der Waals surface area contributed by atoms with Crippen molar-refractivity contribution in [3.05, 3.63) is 29.3 Å². The van der Waals surface area contributed by atoms with Crippen LogP contribution in [0, 0.1) is 17.8 Å². The van der Waals surface area contributed by atoms with Crippen molar-refractivity contribution in [1.82, 2.24) is 4.90 Å². The molecule has 9 heteroatoms. The molecule has 2 bridgehead atoms. The van der Waals surface area contributed by atoms with E-state index in [2.05, 4.69) is 5.32 Å². The van der Waals surface area contributed by atoms with Gasteiger partial charge in [0.2, 0.25) is 11.8 Å². The summed E-state index contributed by atoms with van der Waals surface area (Å²) in [5.41, 5.74) is -1.48. The average Bonchev–Trinajstić information content (AvgIpc) is 3.25. The van der Waals surface area contributed by atoms with Gasteiger partial charge in [0.1, 0.15) is 17.6 Å². The van der Waals surface area contributed by atoms with Crippen LogP contribution in [0.2, 0.25) is 5.02 Å². The zero-order chi connectivity index (χ0) is 23.3. The van der Waals surface area contributed by atoms with Gasteiger partial charge in [0.05, 0.1) is 18.1 Å². The van der Waals surface area contributed by atoms with E-state index >= 15 is 0 Å². The Balaban J connectivity index is 1.74. The fraction of sp³-hybridized carbons (Fsp3) is 0.609. The largest absolute Gasteiger partial charge is 0.466 e. The number of likely N-dealkylation sites (tertiary alicyclic amines) is 1. The molecule has 3 unspecified atom stereocenters. The molecule has 8 nitrogen and oxygen atoms in total. The third-order valence-electron chi connectivity index (χ3n) is 7.27. The first-order valence-corrected chi connectivity index (χ1v) is 11.4. The van der Waals surface area contributed by atoms with E-state index < -0.39 is 35.0 Å². The smallest absolute Gasteiger partial charge is 0.312 e. The monoisotopic (exact) mass is 464 g/mol. The third-order valence-corrected chi connectivity index (χ3v) is 7.52. The van der Waals surface area contributed by atoms with Crippen molar-refractivity contribution >= 4 is 35.1 Å². The predicted octanol–water partition coefficient (Wildman–Crippen LogP) is 2.23. The van der Waals surface area contributed by atoms with Gasteiger partial charge >= 0.3 is 5.97 Å². The Morgan fingerprint density at radius 2 is 2.03 bits per heavy atom. The molecule has 2 amide bonds. The Hall–Kier alpha value is -2.16. The molecule has 2 N–H and O–H groups in total. The number of aliphatic hydroxyl groups is 1. The number of nitrogens with zero attached hydrogens (tertiary/aromatic N) is 1. The maximum Gasteiger partial charge on any atom is 0.312 e. The normalized spacial score (nSPS) is 35.2. The van der Waals surface area contributed by atoms with E-state index in [1.807, 2.05) is 13.8 Å². The second-order valence-electron chi connectivity index (χ2n) is 9.06. The second-order valence-corrected chi connectivity index (χ2v) is 9.50. The van der Waals surface area contributed by atoms with Gasteiger partial charge in [-0.1, -0.05) is 18.5 Å². The molecule has 3 heterocycles. The SMILES string of the molecule is CCOC(=O)[C@H]1[C@H]2C(=O)N(CCCO)C(C(=O)Nc3ccc(Cl)cc3)C23CC(C)[C@]1(C)O3. The number of fused-ring (bicyclic) bond motifs is 1. The van der Waals surface area contributed by atoms with E-state index in [1.165, 1.54) is 4.90 Å². The molecule has 1 spiro atoms. The van der Waals surface area contributed by atoms with Crippen LogP contribution in [0.4, 0.5) is 5.69 Å². The highest BCUT2D eigenvalue weighted by Crippen LogP contribution is 2.65. The summed E-state index contributed by atoms with van der Waals surface area (Å²) in [6, 6.07) is 5.77. The van der Waals surface area contributed by atoms with Crippen LogP contribution in [0.3, 0.4) is 0 Å². The number of hydrogen-bond acceptors (Lipinski definition) is 6. The number of carbonyl (C=O) groups is 3. The number of halogens is 1. The van der Waals surface area contributed by atoms with Crippen molar-refractivity contribution in [3.63, 3.8) is 0 Å². The molecule has 3 aliphatic heterocycles. The van der Waals surface area contributed by atoms with Crippen molar-refractivity contribution < 1.29 is 29.0 Å². The lowest BCUT2D eigenvalue weighted by Gasteiger charge is -2.35. The van der Waals surface area contributed by atoms with Gasteiger partial charge in [0.15, 0.2) is 0 Å². The Labute approximate surface area is 192 Å². The van der Waals surface area contributed by atoms with E-state index in [-0.39, 0.29) is 37.5 Å². The van der Waals surface area contributed by atoms with Gasteiger partial charge in [-0.05, 0) is 56.9 Å². The van der Waals surface area contributed by atoms with Gasteiger partial charge in [0.25, 0.3) is 0 Å². The van der Waals surface area contributed by atoms with Crippen molar-refractivity contribution in [2.45, 2.75) is 50.9 Å². The lowest BCUT2D eigenvalue weighted by atomic mass is 9.62. The summed E-state index contributed by atoms with van der Waals surface area (Å²) in [5.74, 6) is -2.80. The molecule has 0 saturated carbocycles. The summed E-state index contributed by atoms with van der Waals surface area (Å²) in [7, 11) is 0. The summed E-state index contributed by atoms with van der Waals surface area (Å²) in [4.78, 5) is 41.6. The highest BCUT2D eigenvalue weighted by Gasteiger charge is 2.80. The fourth-order valence-corrected chi connectivity index (χ4v) is 5.98. The van der Waals surface area contributed by atoms with Crippen LogP contribution in [0.15, 0.2) is 24.3 Å². The van der Waals surface area contributed by atoms with E-state index in [0.717, 1.165) is 0 Å². The zero-order valence-electron chi connectivity index (χ0n) is 18.5. The van der Waals surface area contributed by atoms with Gasteiger partial charge in [-0.15, -0.1) is 0 Å². The number of ether oxygens (including phenoxy) is 2. The fourth-order valence-electron chi connectivity index (χ4n) is 5.85.